The summed E-state index contributed by atoms with van der Waals surface area (Å²) in [5.41, 5.74) is 0.658. The lowest BCUT2D eigenvalue weighted by Crippen LogP contribution is -2.01. The van der Waals surface area contributed by atoms with Crippen molar-refractivity contribution < 1.29 is 14.1 Å². The second-order valence-corrected chi connectivity index (χ2v) is 4.92. The van der Waals surface area contributed by atoms with Gasteiger partial charge in [0.25, 0.3) is 0 Å². The molecule has 0 saturated heterocycles. The van der Waals surface area contributed by atoms with Crippen LogP contribution in [0.2, 0.25) is 5.02 Å². The number of ether oxygens (including phenoxy) is 1. The van der Waals surface area contributed by atoms with Crippen LogP contribution in [0.5, 0.6) is 5.75 Å². The van der Waals surface area contributed by atoms with Gasteiger partial charge in [0.2, 0.25) is 0 Å². The van der Waals surface area contributed by atoms with Gasteiger partial charge in [0.1, 0.15) is 12.4 Å². The van der Waals surface area contributed by atoms with Crippen LogP contribution in [0.4, 0.5) is 10.1 Å². The van der Waals surface area contributed by atoms with Gasteiger partial charge in [-0.15, -0.1) is 11.6 Å². The first kappa shape index (κ1) is 15.5. The van der Waals surface area contributed by atoms with E-state index in [1.54, 1.807) is 6.07 Å². The summed E-state index contributed by atoms with van der Waals surface area (Å²) in [5, 5.41) is 11.3. The maximum Gasteiger partial charge on any atom is 0.311 e. The molecule has 0 fully saturated rings. The number of halogens is 3. The van der Waals surface area contributed by atoms with Gasteiger partial charge in [-0.05, 0) is 23.8 Å². The van der Waals surface area contributed by atoms with E-state index in [1.165, 1.54) is 24.3 Å². The van der Waals surface area contributed by atoms with Gasteiger partial charge in [0, 0.05) is 22.5 Å². The molecule has 21 heavy (non-hydrogen) atoms. The van der Waals surface area contributed by atoms with E-state index in [0.717, 1.165) is 6.07 Å². The second kappa shape index (κ2) is 6.74. The predicted octanol–water partition coefficient (Wildman–Crippen LogP) is 4.71. The molecule has 0 bridgehead atoms. The van der Waals surface area contributed by atoms with Crippen LogP contribution < -0.4 is 4.74 Å². The van der Waals surface area contributed by atoms with Crippen molar-refractivity contribution in [2.75, 3.05) is 0 Å². The standard InChI is InChI=1S/C14H10Cl2FNO3/c15-7-9-1-4-14(13(5-9)18(19)20)21-8-10-2-3-11(16)6-12(10)17/h1-6H,7-8H2. The summed E-state index contributed by atoms with van der Waals surface area (Å²) >= 11 is 11.3. The fourth-order valence-corrected chi connectivity index (χ4v) is 2.03. The predicted molar refractivity (Wildman–Crippen MR) is 78.4 cm³/mol. The second-order valence-electron chi connectivity index (χ2n) is 4.22. The van der Waals surface area contributed by atoms with Crippen LogP contribution in [-0.4, -0.2) is 4.92 Å². The van der Waals surface area contributed by atoms with Crippen molar-refractivity contribution >= 4 is 28.9 Å². The van der Waals surface area contributed by atoms with Gasteiger partial charge in [0.15, 0.2) is 5.75 Å². The van der Waals surface area contributed by atoms with Gasteiger partial charge in [-0.1, -0.05) is 23.7 Å². The molecule has 0 aromatic heterocycles. The summed E-state index contributed by atoms with van der Waals surface area (Å²) in [4.78, 5) is 10.4. The van der Waals surface area contributed by atoms with Crippen LogP contribution in [0.3, 0.4) is 0 Å². The highest BCUT2D eigenvalue weighted by molar-refractivity contribution is 6.30. The molecule has 110 valence electrons. The molecule has 2 aromatic rings. The normalized spacial score (nSPS) is 10.4. The van der Waals surface area contributed by atoms with Crippen LogP contribution in [-0.2, 0) is 12.5 Å². The van der Waals surface area contributed by atoms with Gasteiger partial charge in [-0.2, -0.15) is 0 Å². The smallest absolute Gasteiger partial charge is 0.311 e. The van der Waals surface area contributed by atoms with E-state index in [-0.39, 0.29) is 34.5 Å². The molecule has 0 saturated carbocycles. The lowest BCUT2D eigenvalue weighted by molar-refractivity contribution is -0.386. The molecule has 0 radical (unpaired) electrons. The average Bonchev–Trinajstić information content (AvgIpc) is 2.46. The van der Waals surface area contributed by atoms with E-state index >= 15 is 0 Å². The highest BCUT2D eigenvalue weighted by Gasteiger charge is 2.16. The summed E-state index contributed by atoms with van der Waals surface area (Å²) in [6, 6.07) is 8.55. The van der Waals surface area contributed by atoms with Crippen molar-refractivity contribution in [1.82, 2.24) is 0 Å². The van der Waals surface area contributed by atoms with E-state index in [2.05, 4.69) is 0 Å². The van der Waals surface area contributed by atoms with Crippen LogP contribution in [0.15, 0.2) is 36.4 Å². The summed E-state index contributed by atoms with van der Waals surface area (Å²) < 4.78 is 19.0. The first-order chi connectivity index (χ1) is 10.0. The largest absolute Gasteiger partial charge is 0.482 e. The Morgan fingerprint density at radius 2 is 2.00 bits per heavy atom. The van der Waals surface area contributed by atoms with Gasteiger partial charge >= 0.3 is 5.69 Å². The lowest BCUT2D eigenvalue weighted by atomic mass is 10.2. The number of rotatable bonds is 5. The Hall–Kier alpha value is -1.85. The molecule has 0 spiro atoms. The van der Waals surface area contributed by atoms with E-state index in [0.29, 0.717) is 5.56 Å². The number of hydrogen-bond donors (Lipinski definition) is 0. The molecular weight excluding hydrogens is 320 g/mol. The summed E-state index contributed by atoms with van der Waals surface area (Å²) in [7, 11) is 0. The van der Waals surface area contributed by atoms with Gasteiger partial charge in [-0.25, -0.2) is 4.39 Å². The van der Waals surface area contributed by atoms with Crippen molar-refractivity contribution in [2.24, 2.45) is 0 Å². The van der Waals surface area contributed by atoms with E-state index in [1.807, 2.05) is 0 Å². The quantitative estimate of drug-likeness (QED) is 0.453. The van der Waals surface area contributed by atoms with Crippen molar-refractivity contribution in [2.45, 2.75) is 12.5 Å². The van der Waals surface area contributed by atoms with Crippen LogP contribution in [0, 0.1) is 15.9 Å². The molecule has 0 atom stereocenters. The van der Waals surface area contributed by atoms with Gasteiger partial charge < -0.3 is 4.74 Å². The lowest BCUT2D eigenvalue weighted by Gasteiger charge is -2.08. The zero-order valence-electron chi connectivity index (χ0n) is 10.7. The zero-order valence-corrected chi connectivity index (χ0v) is 12.2. The monoisotopic (exact) mass is 329 g/mol. The average molecular weight is 330 g/mol. The Morgan fingerprint density at radius 1 is 1.24 bits per heavy atom. The summed E-state index contributed by atoms with van der Waals surface area (Å²) in [6.45, 7) is -0.135. The molecule has 4 nitrogen and oxygen atoms in total. The maximum atomic E-state index is 13.6. The molecule has 0 aliphatic heterocycles. The third-order valence-corrected chi connectivity index (χ3v) is 3.32. The minimum absolute atomic E-state index is 0.0585. The Morgan fingerprint density at radius 3 is 2.62 bits per heavy atom. The fraction of sp³-hybridized carbons (Fsp3) is 0.143. The molecule has 0 unspecified atom stereocenters. The van der Waals surface area contributed by atoms with E-state index < -0.39 is 10.7 Å². The number of nitrogens with zero attached hydrogens (tertiary/aromatic N) is 1. The van der Waals surface area contributed by atoms with E-state index in [9.17, 15) is 14.5 Å². The van der Waals surface area contributed by atoms with Crippen molar-refractivity contribution in [3.63, 3.8) is 0 Å². The molecule has 2 rings (SSSR count). The van der Waals surface area contributed by atoms with Crippen molar-refractivity contribution in [3.05, 3.63) is 68.5 Å². The van der Waals surface area contributed by atoms with Crippen LogP contribution in [0.25, 0.3) is 0 Å². The zero-order chi connectivity index (χ0) is 15.4. The number of nitro benzene ring substituents is 1. The van der Waals surface area contributed by atoms with Crippen LogP contribution in [0.1, 0.15) is 11.1 Å². The summed E-state index contributed by atoms with van der Waals surface area (Å²) in [5.74, 6) is -0.307. The van der Waals surface area contributed by atoms with E-state index in [4.69, 9.17) is 27.9 Å². The highest BCUT2D eigenvalue weighted by Crippen LogP contribution is 2.29. The Kier molecular flexibility index (Phi) is 4.98. The first-order valence-electron chi connectivity index (χ1n) is 5.91. The molecule has 0 aliphatic rings. The SMILES string of the molecule is O=[N+]([O-])c1cc(CCl)ccc1OCc1ccc(Cl)cc1F. The minimum atomic E-state index is -0.566. The molecule has 0 amide bonds. The van der Waals surface area contributed by atoms with Gasteiger partial charge in [-0.3, -0.25) is 10.1 Å². The van der Waals surface area contributed by atoms with Crippen molar-refractivity contribution in [3.8, 4) is 5.75 Å². The van der Waals surface area contributed by atoms with Crippen LogP contribution >= 0.6 is 23.2 Å². The first-order valence-corrected chi connectivity index (χ1v) is 6.82. The number of nitro groups is 1. The molecule has 0 heterocycles. The summed E-state index contributed by atoms with van der Waals surface area (Å²) in [6.07, 6.45) is 0. The molecular formula is C14H10Cl2FNO3. The minimum Gasteiger partial charge on any atom is -0.482 e. The number of alkyl halides is 1. The third-order valence-electron chi connectivity index (χ3n) is 2.77. The third kappa shape index (κ3) is 3.83. The Balaban J connectivity index is 2.21. The molecule has 7 heteroatoms. The topological polar surface area (TPSA) is 52.4 Å². The Bertz CT molecular complexity index is 679. The Labute approximate surface area is 130 Å². The van der Waals surface area contributed by atoms with Gasteiger partial charge in [0.05, 0.1) is 4.92 Å². The number of hydrogen-bond acceptors (Lipinski definition) is 3. The fourth-order valence-electron chi connectivity index (χ4n) is 1.71. The molecule has 0 N–H and O–H groups in total. The highest BCUT2D eigenvalue weighted by atomic mass is 35.5. The maximum absolute atomic E-state index is 13.6. The molecule has 0 aliphatic carbocycles. The number of benzene rings is 2. The molecule has 2 aromatic carbocycles. The van der Waals surface area contributed by atoms with Crippen molar-refractivity contribution in [1.29, 1.82) is 0 Å².